The minimum atomic E-state index is -0.207. The molecule has 2 aromatic heterocycles. The predicted molar refractivity (Wildman–Crippen MR) is 126 cm³/mol. The first kappa shape index (κ1) is 22.6. The molecule has 0 aliphatic carbocycles. The lowest BCUT2D eigenvalue weighted by atomic mass is 9.89. The Morgan fingerprint density at radius 3 is 2.73 bits per heavy atom. The van der Waals surface area contributed by atoms with Gasteiger partial charge in [-0.3, -0.25) is 9.59 Å². The largest absolute Gasteiger partial charge is 0.493 e. The zero-order valence-electron chi connectivity index (χ0n) is 19.3. The molecule has 0 saturated carbocycles. The summed E-state index contributed by atoms with van der Waals surface area (Å²) in [5.74, 6) is 1.02. The highest BCUT2D eigenvalue weighted by Gasteiger charge is 2.26. The lowest BCUT2D eigenvalue weighted by Crippen LogP contribution is -2.37. The molecule has 33 heavy (non-hydrogen) atoms. The predicted octanol–water partition coefficient (Wildman–Crippen LogP) is 3.49. The van der Waals surface area contributed by atoms with Gasteiger partial charge in [-0.05, 0) is 68.5 Å². The van der Waals surface area contributed by atoms with E-state index in [0.717, 1.165) is 23.9 Å². The van der Waals surface area contributed by atoms with Crippen LogP contribution in [0.2, 0.25) is 0 Å². The molecule has 174 valence electrons. The number of aromatic nitrogens is 2. The van der Waals surface area contributed by atoms with Crippen LogP contribution in [0.3, 0.4) is 0 Å². The number of nitrogens with zero attached hydrogens (tertiary/aromatic N) is 2. The minimum Gasteiger partial charge on any atom is -0.493 e. The molecule has 0 spiro atoms. The topological polar surface area (TPSA) is 96.6 Å². The van der Waals surface area contributed by atoms with Gasteiger partial charge in [0.2, 0.25) is 0 Å². The monoisotopic (exact) mass is 450 g/mol. The molecule has 0 unspecified atom stereocenters. The van der Waals surface area contributed by atoms with Gasteiger partial charge in [0.1, 0.15) is 5.65 Å². The summed E-state index contributed by atoms with van der Waals surface area (Å²) in [6, 6.07) is 9.16. The summed E-state index contributed by atoms with van der Waals surface area (Å²) in [4.78, 5) is 34.5. The van der Waals surface area contributed by atoms with Crippen LogP contribution in [0.1, 0.15) is 48.5 Å². The van der Waals surface area contributed by atoms with Gasteiger partial charge in [-0.1, -0.05) is 0 Å². The smallest absolute Gasteiger partial charge is 0.258 e. The Kier molecular flexibility index (Phi) is 6.82. The standard InChI is InChI=1S/C25H30N4O4/c1-16(2)28-23(30)15-33-21-7-6-18(13-22(21)32-3)25(31)29-11-8-17(9-12-29)20-14-27-24-19(20)5-4-10-26-24/h4-7,10,13-14,16-17H,8-9,11-12,15H2,1-3H3,(H,26,27)(H,28,30). The van der Waals surface area contributed by atoms with Crippen LogP contribution in [0.15, 0.2) is 42.7 Å². The van der Waals surface area contributed by atoms with Gasteiger partial charge >= 0.3 is 0 Å². The normalized spacial score (nSPS) is 14.5. The number of H-pyrrole nitrogens is 1. The van der Waals surface area contributed by atoms with Gasteiger partial charge < -0.3 is 24.7 Å². The highest BCUT2D eigenvalue weighted by molar-refractivity contribution is 5.95. The van der Waals surface area contributed by atoms with Crippen molar-refractivity contribution in [1.82, 2.24) is 20.2 Å². The van der Waals surface area contributed by atoms with Crippen molar-refractivity contribution < 1.29 is 19.1 Å². The second-order valence-electron chi connectivity index (χ2n) is 8.59. The average Bonchev–Trinajstić information content (AvgIpc) is 3.26. The second-order valence-corrected chi connectivity index (χ2v) is 8.59. The first-order valence-electron chi connectivity index (χ1n) is 11.3. The molecule has 1 aliphatic rings. The molecule has 2 amide bonds. The summed E-state index contributed by atoms with van der Waals surface area (Å²) in [6.07, 6.45) is 5.63. The maximum atomic E-state index is 13.1. The zero-order chi connectivity index (χ0) is 23.4. The molecule has 1 aliphatic heterocycles. The minimum absolute atomic E-state index is 0.0311. The van der Waals surface area contributed by atoms with Crippen molar-refractivity contribution >= 4 is 22.8 Å². The fraction of sp³-hybridized carbons (Fsp3) is 0.400. The second kappa shape index (κ2) is 9.94. The lowest BCUT2D eigenvalue weighted by Gasteiger charge is -2.32. The molecule has 0 atom stereocenters. The number of piperidine rings is 1. The number of rotatable bonds is 7. The molecule has 0 bridgehead atoms. The number of likely N-dealkylation sites (tertiary alicyclic amines) is 1. The van der Waals surface area contributed by atoms with Crippen molar-refractivity contribution in [2.24, 2.45) is 0 Å². The molecule has 8 nitrogen and oxygen atoms in total. The van der Waals surface area contributed by atoms with Crippen molar-refractivity contribution in [2.45, 2.75) is 38.6 Å². The van der Waals surface area contributed by atoms with Gasteiger partial charge in [0, 0.05) is 42.5 Å². The highest BCUT2D eigenvalue weighted by atomic mass is 16.5. The number of hydrogen-bond acceptors (Lipinski definition) is 5. The van der Waals surface area contributed by atoms with Gasteiger partial charge in [-0.15, -0.1) is 0 Å². The summed E-state index contributed by atoms with van der Waals surface area (Å²) in [5, 5.41) is 3.93. The summed E-state index contributed by atoms with van der Waals surface area (Å²) in [7, 11) is 1.52. The summed E-state index contributed by atoms with van der Waals surface area (Å²) in [5.41, 5.74) is 2.72. The zero-order valence-corrected chi connectivity index (χ0v) is 19.3. The molecular formula is C25H30N4O4. The van der Waals surface area contributed by atoms with Gasteiger partial charge in [-0.25, -0.2) is 4.98 Å². The van der Waals surface area contributed by atoms with Crippen molar-refractivity contribution in [3.63, 3.8) is 0 Å². The molecule has 1 aromatic carbocycles. The number of benzene rings is 1. The molecule has 1 fully saturated rings. The molecular weight excluding hydrogens is 420 g/mol. The molecule has 4 rings (SSSR count). The Labute approximate surface area is 193 Å². The fourth-order valence-corrected chi connectivity index (χ4v) is 4.32. The quantitative estimate of drug-likeness (QED) is 0.574. The fourth-order valence-electron chi connectivity index (χ4n) is 4.32. The third-order valence-corrected chi connectivity index (χ3v) is 5.92. The van der Waals surface area contributed by atoms with Crippen LogP contribution in [-0.4, -0.2) is 59.5 Å². The molecule has 8 heteroatoms. The third-order valence-electron chi connectivity index (χ3n) is 5.92. The van der Waals surface area contributed by atoms with Crippen molar-refractivity contribution in [3.8, 4) is 11.5 Å². The van der Waals surface area contributed by atoms with Gasteiger partial charge in [-0.2, -0.15) is 0 Å². The van der Waals surface area contributed by atoms with Crippen LogP contribution in [0.25, 0.3) is 11.0 Å². The molecule has 0 radical (unpaired) electrons. The lowest BCUT2D eigenvalue weighted by molar-refractivity contribution is -0.123. The summed E-state index contributed by atoms with van der Waals surface area (Å²) >= 11 is 0. The maximum Gasteiger partial charge on any atom is 0.258 e. The highest BCUT2D eigenvalue weighted by Crippen LogP contribution is 2.34. The Hall–Kier alpha value is -3.55. The number of fused-ring (bicyclic) bond motifs is 1. The van der Waals surface area contributed by atoms with Crippen LogP contribution < -0.4 is 14.8 Å². The van der Waals surface area contributed by atoms with Crippen molar-refractivity contribution in [2.75, 3.05) is 26.8 Å². The first-order chi connectivity index (χ1) is 16.0. The van der Waals surface area contributed by atoms with E-state index in [2.05, 4.69) is 21.4 Å². The number of hydrogen-bond donors (Lipinski definition) is 2. The molecule has 3 heterocycles. The average molecular weight is 451 g/mol. The number of ether oxygens (including phenoxy) is 2. The Morgan fingerprint density at radius 2 is 2.00 bits per heavy atom. The van der Waals surface area contributed by atoms with E-state index in [1.807, 2.05) is 31.0 Å². The number of carbonyl (C=O) groups excluding carboxylic acids is 2. The third kappa shape index (κ3) is 5.10. The van der Waals surface area contributed by atoms with Gasteiger partial charge in [0.15, 0.2) is 18.1 Å². The molecule has 3 aromatic rings. The van der Waals surface area contributed by atoms with E-state index >= 15 is 0 Å². The number of pyridine rings is 1. The van der Waals surface area contributed by atoms with E-state index in [9.17, 15) is 9.59 Å². The van der Waals surface area contributed by atoms with Crippen LogP contribution in [0.5, 0.6) is 11.5 Å². The van der Waals surface area contributed by atoms with Crippen LogP contribution in [0.4, 0.5) is 0 Å². The van der Waals surface area contributed by atoms with E-state index in [0.29, 0.717) is 36.1 Å². The van der Waals surface area contributed by atoms with E-state index in [1.165, 1.54) is 12.7 Å². The number of methoxy groups -OCH3 is 1. The molecule has 1 saturated heterocycles. The van der Waals surface area contributed by atoms with Gasteiger partial charge in [0.05, 0.1) is 7.11 Å². The number of carbonyl (C=O) groups is 2. The Bertz CT molecular complexity index is 1130. The van der Waals surface area contributed by atoms with Crippen molar-refractivity contribution in [3.05, 3.63) is 53.9 Å². The van der Waals surface area contributed by atoms with Gasteiger partial charge in [0.25, 0.3) is 11.8 Å². The first-order valence-corrected chi connectivity index (χ1v) is 11.3. The number of amides is 2. The summed E-state index contributed by atoms with van der Waals surface area (Å²) in [6.45, 7) is 5.04. The molecule has 2 N–H and O–H groups in total. The van der Waals surface area contributed by atoms with Crippen LogP contribution in [0, 0.1) is 0 Å². The van der Waals surface area contributed by atoms with Crippen LogP contribution in [-0.2, 0) is 4.79 Å². The van der Waals surface area contributed by atoms with E-state index < -0.39 is 0 Å². The van der Waals surface area contributed by atoms with E-state index in [1.54, 1.807) is 24.4 Å². The van der Waals surface area contributed by atoms with Crippen LogP contribution >= 0.6 is 0 Å². The van der Waals surface area contributed by atoms with E-state index in [-0.39, 0.29) is 24.5 Å². The van der Waals surface area contributed by atoms with E-state index in [4.69, 9.17) is 9.47 Å². The number of aromatic amines is 1. The Balaban J connectivity index is 1.38. The SMILES string of the molecule is COc1cc(C(=O)N2CCC(c3c[nH]c4ncccc34)CC2)ccc1OCC(=O)NC(C)C. The summed E-state index contributed by atoms with van der Waals surface area (Å²) < 4.78 is 11.0. The Morgan fingerprint density at radius 1 is 1.21 bits per heavy atom. The van der Waals surface area contributed by atoms with Crippen molar-refractivity contribution in [1.29, 1.82) is 0 Å². The number of nitrogens with one attached hydrogen (secondary N) is 2. The maximum absolute atomic E-state index is 13.1.